The number of amides is 3. The summed E-state index contributed by atoms with van der Waals surface area (Å²) in [5, 5.41) is 20.4. The Labute approximate surface area is 264 Å². The molecule has 3 amide bonds. The highest BCUT2D eigenvalue weighted by atomic mass is 32.2. The molecule has 0 radical (unpaired) electrons. The number of aliphatic hydroxyl groups excluding tert-OH is 1. The Morgan fingerprint density at radius 1 is 1.00 bits per heavy atom. The Kier molecular flexibility index (Phi) is 12.0. The fourth-order valence-electron chi connectivity index (χ4n) is 6.44. The van der Waals surface area contributed by atoms with Crippen molar-refractivity contribution >= 4 is 27.6 Å². The van der Waals surface area contributed by atoms with Gasteiger partial charge in [-0.25, -0.2) is 8.42 Å². The summed E-state index contributed by atoms with van der Waals surface area (Å²) >= 11 is 0. The van der Waals surface area contributed by atoms with Gasteiger partial charge in [0.2, 0.25) is 17.7 Å². The van der Waals surface area contributed by atoms with E-state index in [1.165, 1.54) is 20.3 Å². The van der Waals surface area contributed by atoms with Gasteiger partial charge >= 0.3 is 0 Å². The van der Waals surface area contributed by atoms with Gasteiger partial charge in [0.05, 0.1) is 22.9 Å². The topological polar surface area (TPSA) is 145 Å². The van der Waals surface area contributed by atoms with Crippen molar-refractivity contribution in [3.8, 4) is 0 Å². The maximum Gasteiger partial charge on any atom is 0.244 e. The van der Waals surface area contributed by atoms with Gasteiger partial charge in [-0.3, -0.25) is 19.3 Å². The number of β-amino-alcohol motifs (C(OH)–C–C–N with tert-alkyl or cyclic N) is 1. The predicted molar refractivity (Wildman–Crippen MR) is 173 cm³/mol. The number of benzene rings is 1. The van der Waals surface area contributed by atoms with Gasteiger partial charge in [0, 0.05) is 31.3 Å². The summed E-state index contributed by atoms with van der Waals surface area (Å²) in [6.45, 7) is 11.2. The summed E-state index contributed by atoms with van der Waals surface area (Å²) in [6.07, 6.45) is 5.57. The van der Waals surface area contributed by atoms with Gasteiger partial charge in [0.25, 0.3) is 0 Å². The van der Waals surface area contributed by atoms with E-state index >= 15 is 0 Å². The Hall–Kier alpha value is -2.50. The predicted octanol–water partition coefficient (Wildman–Crippen LogP) is 2.59. The van der Waals surface area contributed by atoms with Gasteiger partial charge < -0.3 is 21.1 Å². The van der Waals surface area contributed by atoms with Crippen LogP contribution in [-0.4, -0.2) is 90.0 Å². The molecule has 1 aliphatic heterocycles. The van der Waals surface area contributed by atoms with Crippen LogP contribution in [0.1, 0.15) is 85.6 Å². The molecule has 2 fully saturated rings. The number of hydrogen-bond donors (Lipinski definition) is 4. The first-order valence-corrected chi connectivity index (χ1v) is 17.9. The summed E-state index contributed by atoms with van der Waals surface area (Å²) in [5.41, 5.74) is 0.472. The van der Waals surface area contributed by atoms with Crippen LogP contribution in [0.5, 0.6) is 0 Å². The number of fused-ring (bicyclic) bond motifs is 1. The average molecular weight is 635 g/mol. The molecule has 44 heavy (non-hydrogen) atoms. The molecule has 4 N–H and O–H groups in total. The zero-order valence-corrected chi connectivity index (χ0v) is 28.4. The van der Waals surface area contributed by atoms with E-state index in [0.717, 1.165) is 37.5 Å². The molecule has 0 aromatic heterocycles. The maximum absolute atomic E-state index is 13.8. The second-order valence-electron chi connectivity index (χ2n) is 14.4. The van der Waals surface area contributed by atoms with Crippen LogP contribution in [-0.2, 0) is 30.6 Å². The van der Waals surface area contributed by atoms with Crippen LogP contribution in [0.2, 0.25) is 0 Å². The van der Waals surface area contributed by atoms with Crippen molar-refractivity contribution in [1.29, 1.82) is 0 Å². The number of aliphatic hydroxyl groups is 1. The van der Waals surface area contributed by atoms with Crippen molar-refractivity contribution in [3.63, 3.8) is 0 Å². The van der Waals surface area contributed by atoms with E-state index in [1.807, 2.05) is 51.1 Å². The number of carbonyl (C=O) groups is 3. The van der Waals surface area contributed by atoms with Crippen LogP contribution in [0.3, 0.4) is 0 Å². The summed E-state index contributed by atoms with van der Waals surface area (Å²) in [5.74, 6) is -0.287. The largest absolute Gasteiger partial charge is 0.390 e. The zero-order chi connectivity index (χ0) is 32.9. The smallest absolute Gasteiger partial charge is 0.244 e. The number of nitrogens with one attached hydrogen (secondary N) is 3. The van der Waals surface area contributed by atoms with Crippen LogP contribution in [0.15, 0.2) is 30.3 Å². The molecule has 1 heterocycles. The highest BCUT2D eigenvalue weighted by Gasteiger charge is 2.46. The highest BCUT2D eigenvalue weighted by Crippen LogP contribution is 2.39. The number of hydrogen-bond acceptors (Lipinski definition) is 7. The van der Waals surface area contributed by atoms with Gasteiger partial charge in [-0.2, -0.15) is 0 Å². The first-order chi connectivity index (χ1) is 20.4. The normalized spacial score (nSPS) is 23.5. The highest BCUT2D eigenvalue weighted by molar-refractivity contribution is 7.92. The van der Waals surface area contributed by atoms with Gasteiger partial charge in [0.15, 0.2) is 9.84 Å². The molecule has 1 saturated carbocycles. The van der Waals surface area contributed by atoms with Crippen molar-refractivity contribution < 1.29 is 27.9 Å². The molecule has 1 aliphatic carbocycles. The SMILES string of the molecule is CCC(=O)NC(C(=O)NC(Cc1ccccc1)C(O)CN1CC2CCCCC2CC1C(=O)NC(C)(C)C)C(C)(C)S(C)(=O)=O. The van der Waals surface area contributed by atoms with Crippen LogP contribution in [0.4, 0.5) is 0 Å². The average Bonchev–Trinajstić information content (AvgIpc) is 2.93. The van der Waals surface area contributed by atoms with Gasteiger partial charge in [-0.15, -0.1) is 0 Å². The Balaban J connectivity index is 1.91. The lowest BCUT2D eigenvalue weighted by atomic mass is 9.72. The van der Waals surface area contributed by atoms with Gasteiger partial charge in [0.1, 0.15) is 6.04 Å². The van der Waals surface area contributed by atoms with Gasteiger partial charge in [-0.05, 0) is 71.3 Å². The second kappa shape index (κ2) is 14.7. The van der Waals surface area contributed by atoms with Crippen molar-refractivity contribution in [2.75, 3.05) is 19.3 Å². The van der Waals surface area contributed by atoms with Crippen LogP contribution >= 0.6 is 0 Å². The third kappa shape index (κ3) is 9.50. The van der Waals surface area contributed by atoms with Crippen LogP contribution in [0, 0.1) is 11.8 Å². The minimum atomic E-state index is -3.77. The van der Waals surface area contributed by atoms with E-state index in [2.05, 4.69) is 20.9 Å². The first-order valence-electron chi connectivity index (χ1n) is 16.0. The Morgan fingerprint density at radius 3 is 2.18 bits per heavy atom. The second-order valence-corrected chi connectivity index (χ2v) is 16.9. The lowest BCUT2D eigenvalue weighted by Crippen LogP contribution is -2.64. The van der Waals surface area contributed by atoms with E-state index < -0.39 is 56.2 Å². The molecule has 1 aromatic rings. The Bertz CT molecular complexity index is 1250. The number of rotatable bonds is 12. The fraction of sp³-hybridized carbons (Fsp3) is 0.727. The molecule has 11 heteroatoms. The summed E-state index contributed by atoms with van der Waals surface area (Å²) < 4.78 is 23.9. The number of carbonyl (C=O) groups excluding carboxylic acids is 3. The molecule has 0 spiro atoms. The van der Waals surface area contributed by atoms with E-state index in [9.17, 15) is 27.9 Å². The summed E-state index contributed by atoms with van der Waals surface area (Å²) in [4.78, 5) is 41.8. The molecule has 3 rings (SSSR count). The molecule has 6 unspecified atom stereocenters. The molecule has 248 valence electrons. The Morgan fingerprint density at radius 2 is 1.61 bits per heavy atom. The van der Waals surface area contributed by atoms with E-state index in [1.54, 1.807) is 6.92 Å². The third-order valence-corrected chi connectivity index (χ3v) is 11.5. The molecule has 10 nitrogen and oxygen atoms in total. The molecule has 2 aliphatic rings. The van der Waals surface area contributed by atoms with Crippen LogP contribution in [0.25, 0.3) is 0 Å². The van der Waals surface area contributed by atoms with Crippen molar-refractivity contribution in [1.82, 2.24) is 20.9 Å². The lowest BCUT2D eigenvalue weighted by Gasteiger charge is -2.47. The molecule has 1 aromatic carbocycles. The maximum atomic E-state index is 13.8. The van der Waals surface area contributed by atoms with Crippen molar-refractivity contribution in [2.45, 2.75) is 121 Å². The number of piperidine rings is 1. The standard InChI is InChI=1S/C33H54N4O6S/c1-8-28(39)35-29(33(5,6)44(7,42)43)31(41)34-25(18-22-14-10-9-11-15-22)27(38)21-37-20-24-17-13-12-16-23(24)19-26(37)30(40)36-32(2,3)4/h9-11,14-15,23-27,29,38H,8,12-13,16-21H2,1-7H3,(H,34,41)(H,35,39)(H,36,40). The van der Waals surface area contributed by atoms with E-state index in [0.29, 0.717) is 18.4 Å². The van der Waals surface area contributed by atoms with Gasteiger partial charge in [-0.1, -0.05) is 56.5 Å². The first kappa shape index (κ1) is 36.0. The number of nitrogens with zero attached hydrogens (tertiary/aromatic N) is 1. The summed E-state index contributed by atoms with van der Waals surface area (Å²) in [7, 11) is -3.77. The monoisotopic (exact) mass is 634 g/mol. The fourth-order valence-corrected chi connectivity index (χ4v) is 7.04. The third-order valence-electron chi connectivity index (χ3n) is 9.35. The quantitative estimate of drug-likeness (QED) is 0.277. The molecule has 6 atom stereocenters. The molecular formula is C33H54N4O6S. The molecular weight excluding hydrogens is 580 g/mol. The van der Waals surface area contributed by atoms with Crippen molar-refractivity contribution in [3.05, 3.63) is 35.9 Å². The lowest BCUT2D eigenvalue weighted by molar-refractivity contribution is -0.133. The van der Waals surface area contributed by atoms with E-state index in [-0.39, 0.29) is 25.3 Å². The minimum absolute atomic E-state index is 0.0605. The zero-order valence-electron chi connectivity index (χ0n) is 27.6. The molecule has 1 saturated heterocycles. The van der Waals surface area contributed by atoms with Crippen molar-refractivity contribution in [2.24, 2.45) is 11.8 Å². The minimum Gasteiger partial charge on any atom is -0.390 e. The van der Waals surface area contributed by atoms with E-state index in [4.69, 9.17) is 0 Å². The number of likely N-dealkylation sites (tertiary alicyclic amines) is 1. The summed E-state index contributed by atoms with van der Waals surface area (Å²) in [6, 6.07) is 6.83. The molecule has 0 bridgehead atoms. The number of sulfone groups is 1. The van der Waals surface area contributed by atoms with Crippen LogP contribution < -0.4 is 16.0 Å².